The fourth-order valence-corrected chi connectivity index (χ4v) is 7.62. The van der Waals surface area contributed by atoms with Gasteiger partial charge in [0.25, 0.3) is 0 Å². The summed E-state index contributed by atoms with van der Waals surface area (Å²) in [5.41, 5.74) is 3.40. The summed E-state index contributed by atoms with van der Waals surface area (Å²) in [7, 11) is 2.27. The summed E-state index contributed by atoms with van der Waals surface area (Å²) in [6.07, 6.45) is -7.05. The van der Waals surface area contributed by atoms with Gasteiger partial charge in [0.05, 0.1) is 12.1 Å². The highest BCUT2D eigenvalue weighted by Gasteiger charge is 2.57. The molecule has 0 saturated carbocycles. The van der Waals surface area contributed by atoms with Crippen molar-refractivity contribution in [1.82, 2.24) is 15.1 Å². The number of likely N-dealkylation sites (tertiary alicyclic amines) is 2. The van der Waals surface area contributed by atoms with Crippen molar-refractivity contribution in [2.75, 3.05) is 46.3 Å². The SMILES string of the molecule is CN1CC2(C)CN([C@@H]3c4ccccc4C4(CCNCC4)[C@H]3O)CC(C)(C1)C2.O=C(O)C(F)(F)F.O=C(O)C(F)(F)F. The molecular weight excluding hydrogens is 560 g/mol. The predicted molar refractivity (Wildman–Crippen MR) is 136 cm³/mol. The second-order valence-corrected chi connectivity index (χ2v) is 12.4. The normalized spacial score (nSPS) is 31.3. The zero-order valence-electron chi connectivity index (χ0n) is 23.1. The van der Waals surface area contributed by atoms with Crippen molar-refractivity contribution >= 4 is 11.9 Å². The van der Waals surface area contributed by atoms with Gasteiger partial charge in [0.2, 0.25) is 0 Å². The van der Waals surface area contributed by atoms with E-state index < -0.39 is 24.3 Å². The molecule has 5 rings (SSSR count). The molecule has 0 amide bonds. The number of alkyl halides is 6. The number of fused-ring (bicyclic) bond motifs is 4. The highest BCUT2D eigenvalue weighted by atomic mass is 19.4. The van der Waals surface area contributed by atoms with E-state index in [1.807, 2.05) is 0 Å². The Labute approximate surface area is 234 Å². The molecule has 3 aliphatic heterocycles. The number of hydrogen-bond acceptors (Lipinski definition) is 6. The van der Waals surface area contributed by atoms with Crippen LogP contribution < -0.4 is 5.32 Å². The van der Waals surface area contributed by atoms with Crippen molar-refractivity contribution in [1.29, 1.82) is 0 Å². The molecule has 0 radical (unpaired) electrons. The maximum absolute atomic E-state index is 11.7. The van der Waals surface area contributed by atoms with E-state index in [9.17, 15) is 31.4 Å². The van der Waals surface area contributed by atoms with E-state index in [1.165, 1.54) is 30.6 Å². The number of aliphatic hydroxyl groups is 1. The summed E-state index contributed by atoms with van der Waals surface area (Å²) < 4.78 is 63.5. The summed E-state index contributed by atoms with van der Waals surface area (Å²) in [6.45, 7) is 11.5. The number of aliphatic hydroxyl groups excluding tert-OH is 1. The first-order chi connectivity index (χ1) is 18.7. The number of aliphatic carboxylic acids is 2. The molecule has 1 spiro atoms. The third-order valence-electron chi connectivity index (χ3n) is 8.38. The highest BCUT2D eigenvalue weighted by Crippen LogP contribution is 2.55. The predicted octanol–water partition coefficient (Wildman–Crippen LogP) is 3.65. The van der Waals surface area contributed by atoms with Crippen molar-refractivity contribution in [2.24, 2.45) is 10.8 Å². The van der Waals surface area contributed by atoms with E-state index in [-0.39, 0.29) is 17.6 Å². The minimum atomic E-state index is -5.08. The van der Waals surface area contributed by atoms with Gasteiger partial charge in [-0.05, 0) is 61.4 Å². The van der Waals surface area contributed by atoms with Crippen LogP contribution in [0.3, 0.4) is 0 Å². The lowest BCUT2D eigenvalue weighted by Gasteiger charge is -2.58. The van der Waals surface area contributed by atoms with Gasteiger partial charge in [-0.2, -0.15) is 26.3 Å². The van der Waals surface area contributed by atoms with Gasteiger partial charge in [0.15, 0.2) is 0 Å². The summed E-state index contributed by atoms with van der Waals surface area (Å²) in [5.74, 6) is -5.51. The zero-order chi connectivity index (χ0) is 31.0. The number of carboxylic acids is 2. The van der Waals surface area contributed by atoms with Crippen LogP contribution in [-0.2, 0) is 15.0 Å². The molecule has 3 fully saturated rings. The molecule has 232 valence electrons. The molecule has 1 aliphatic carbocycles. The number of rotatable bonds is 1. The third kappa shape index (κ3) is 7.33. The Morgan fingerprint density at radius 1 is 0.878 bits per heavy atom. The van der Waals surface area contributed by atoms with Gasteiger partial charge in [0.1, 0.15) is 0 Å². The van der Waals surface area contributed by atoms with E-state index in [4.69, 9.17) is 19.8 Å². The molecule has 1 aromatic carbocycles. The van der Waals surface area contributed by atoms with Crippen molar-refractivity contribution in [2.45, 2.75) is 63.0 Å². The second-order valence-electron chi connectivity index (χ2n) is 12.4. The van der Waals surface area contributed by atoms with Crippen molar-refractivity contribution in [3.63, 3.8) is 0 Å². The first-order valence-corrected chi connectivity index (χ1v) is 13.2. The quantitative estimate of drug-likeness (QED) is 0.363. The van der Waals surface area contributed by atoms with Gasteiger partial charge < -0.3 is 25.5 Å². The number of carboxylic acid groups (broad SMARTS) is 2. The Balaban J connectivity index is 0.000000276. The van der Waals surface area contributed by atoms with Crippen LogP contribution in [0.15, 0.2) is 24.3 Å². The minimum Gasteiger partial charge on any atom is -0.475 e. The van der Waals surface area contributed by atoms with Gasteiger partial charge in [0, 0.05) is 31.6 Å². The molecule has 4 N–H and O–H groups in total. The van der Waals surface area contributed by atoms with Crippen LogP contribution in [0.4, 0.5) is 26.3 Å². The zero-order valence-corrected chi connectivity index (χ0v) is 23.1. The smallest absolute Gasteiger partial charge is 0.475 e. The van der Waals surface area contributed by atoms with Crippen LogP contribution in [0.2, 0.25) is 0 Å². The molecule has 1 aromatic rings. The van der Waals surface area contributed by atoms with Gasteiger partial charge in [-0.3, -0.25) is 4.90 Å². The van der Waals surface area contributed by atoms with E-state index in [1.54, 1.807) is 0 Å². The Morgan fingerprint density at radius 3 is 1.76 bits per heavy atom. The first-order valence-electron chi connectivity index (χ1n) is 13.2. The molecular formula is C27H37F6N3O5. The monoisotopic (exact) mass is 597 g/mol. The Kier molecular flexibility index (Phi) is 9.44. The topological polar surface area (TPSA) is 113 Å². The number of halogens is 6. The van der Waals surface area contributed by atoms with Gasteiger partial charge in [-0.1, -0.05) is 38.1 Å². The first kappa shape index (κ1) is 33.1. The maximum Gasteiger partial charge on any atom is 0.490 e. The van der Waals surface area contributed by atoms with Crippen LogP contribution in [0.1, 0.15) is 50.3 Å². The minimum absolute atomic E-state index is 0.0579. The number of hydrogen-bond donors (Lipinski definition) is 4. The van der Waals surface area contributed by atoms with Gasteiger partial charge in [-0.15, -0.1) is 0 Å². The molecule has 41 heavy (non-hydrogen) atoms. The van der Waals surface area contributed by atoms with Crippen LogP contribution in [0.25, 0.3) is 0 Å². The highest BCUT2D eigenvalue weighted by molar-refractivity contribution is 5.73. The van der Waals surface area contributed by atoms with Crippen LogP contribution in [0, 0.1) is 10.8 Å². The fourth-order valence-electron chi connectivity index (χ4n) is 7.62. The molecule has 0 aromatic heterocycles. The number of piperidine rings is 3. The summed E-state index contributed by atoms with van der Waals surface area (Å²) in [4.78, 5) is 23.0. The Bertz CT molecular complexity index is 1070. The molecule has 2 unspecified atom stereocenters. The Morgan fingerprint density at radius 2 is 1.32 bits per heavy atom. The molecule has 3 saturated heterocycles. The molecule has 4 atom stereocenters. The molecule has 4 aliphatic rings. The van der Waals surface area contributed by atoms with Gasteiger partial charge in [-0.25, -0.2) is 9.59 Å². The lowest BCUT2D eigenvalue weighted by molar-refractivity contribution is -0.193. The second kappa shape index (κ2) is 11.7. The summed E-state index contributed by atoms with van der Waals surface area (Å²) in [6, 6.07) is 9.08. The maximum atomic E-state index is 11.7. The largest absolute Gasteiger partial charge is 0.490 e. The van der Waals surface area contributed by atoms with E-state index in [0.29, 0.717) is 10.8 Å². The lowest BCUT2D eigenvalue weighted by atomic mass is 9.65. The molecule has 2 bridgehead atoms. The average Bonchev–Trinajstić information content (AvgIpc) is 3.05. The van der Waals surface area contributed by atoms with E-state index >= 15 is 0 Å². The number of nitrogens with zero attached hydrogens (tertiary/aromatic N) is 2. The lowest BCUT2D eigenvalue weighted by Crippen LogP contribution is -2.62. The molecule has 14 heteroatoms. The summed E-state index contributed by atoms with van der Waals surface area (Å²) >= 11 is 0. The third-order valence-corrected chi connectivity index (χ3v) is 8.38. The number of nitrogens with one attached hydrogen (secondary N) is 1. The number of benzene rings is 1. The molecule has 3 heterocycles. The number of carbonyl (C=O) groups is 2. The van der Waals surface area contributed by atoms with Crippen LogP contribution in [-0.4, -0.2) is 102 Å². The van der Waals surface area contributed by atoms with E-state index in [0.717, 1.165) is 39.0 Å². The summed E-state index contributed by atoms with van der Waals surface area (Å²) in [5, 5.41) is 29.5. The van der Waals surface area contributed by atoms with E-state index in [2.05, 4.69) is 60.3 Å². The standard InChI is InChI=1S/C23H35N3O.2C2HF3O2/c1-21-12-22(2,14-25(3)13-21)16-26(15-21)19-17-6-4-5-7-18(17)23(20(19)27)8-10-24-11-9-23;2*3-2(4,5)1(6)7/h4-7,19-20,24,27H,8-16H2,1-3H3;2*(H,6,7)/t19-,20+,21?,22?;;/m1../s1. The van der Waals surface area contributed by atoms with Crippen LogP contribution in [0.5, 0.6) is 0 Å². The van der Waals surface area contributed by atoms with Crippen LogP contribution >= 0.6 is 0 Å². The van der Waals surface area contributed by atoms with Crippen molar-refractivity contribution in [3.05, 3.63) is 35.4 Å². The average molecular weight is 598 g/mol. The molecule has 8 nitrogen and oxygen atoms in total. The van der Waals surface area contributed by atoms with Gasteiger partial charge >= 0.3 is 24.3 Å². The van der Waals surface area contributed by atoms with Crippen molar-refractivity contribution < 1.29 is 51.3 Å². The fraction of sp³-hybridized carbons (Fsp3) is 0.704. The van der Waals surface area contributed by atoms with Crippen molar-refractivity contribution in [3.8, 4) is 0 Å². The Hall–Kier alpha value is -2.42.